The van der Waals surface area contributed by atoms with Gasteiger partial charge in [-0.2, -0.15) is 0 Å². The first-order valence-corrected chi connectivity index (χ1v) is 4.89. The summed E-state index contributed by atoms with van der Waals surface area (Å²) in [6.45, 7) is 0. The number of alkyl halides is 1. The maximum absolute atomic E-state index is 11.2. The molecule has 0 aliphatic heterocycles. The number of Topliss-reactive ketones (excluding diaryl/α,β-unsaturated/α-hetero) is 1. The molecule has 62 valence electrons. The number of halogens is 1. The zero-order valence-corrected chi connectivity index (χ0v) is 7.31. The van der Waals surface area contributed by atoms with Crippen LogP contribution in [0, 0.1) is 11.8 Å². The minimum atomic E-state index is -0.139. The predicted molar refractivity (Wildman–Crippen MR) is 44.7 cm³/mol. The molecule has 2 aliphatic rings. The second-order valence-electron chi connectivity index (χ2n) is 3.78. The van der Waals surface area contributed by atoms with Crippen LogP contribution in [0.4, 0.5) is 0 Å². The van der Waals surface area contributed by atoms with Crippen LogP contribution in [-0.4, -0.2) is 11.2 Å². The molecule has 2 saturated carbocycles. The van der Waals surface area contributed by atoms with Crippen LogP contribution >= 0.6 is 11.6 Å². The molecule has 0 aromatic rings. The quantitative estimate of drug-likeness (QED) is 0.513. The highest BCUT2D eigenvalue weighted by atomic mass is 35.5. The van der Waals surface area contributed by atoms with Gasteiger partial charge in [0.25, 0.3) is 0 Å². The van der Waals surface area contributed by atoms with Crippen molar-refractivity contribution in [2.75, 3.05) is 0 Å². The number of fused-ring (bicyclic) bond motifs is 1. The van der Waals surface area contributed by atoms with Crippen LogP contribution in [0.2, 0.25) is 0 Å². The summed E-state index contributed by atoms with van der Waals surface area (Å²) in [5.74, 6) is 1.46. The van der Waals surface area contributed by atoms with Gasteiger partial charge in [-0.25, -0.2) is 0 Å². The van der Waals surface area contributed by atoms with E-state index in [4.69, 9.17) is 11.6 Å². The Morgan fingerprint density at radius 2 is 2.00 bits per heavy atom. The summed E-state index contributed by atoms with van der Waals surface area (Å²) >= 11 is 5.99. The van der Waals surface area contributed by atoms with Crippen molar-refractivity contribution >= 4 is 17.4 Å². The first-order valence-electron chi connectivity index (χ1n) is 4.46. The largest absolute Gasteiger partial charge is 0.298 e. The van der Waals surface area contributed by atoms with E-state index < -0.39 is 0 Å². The molecule has 2 fully saturated rings. The lowest BCUT2D eigenvalue weighted by molar-refractivity contribution is -0.117. The number of hydrogen-bond acceptors (Lipinski definition) is 1. The molecule has 0 saturated heterocycles. The van der Waals surface area contributed by atoms with E-state index in [9.17, 15) is 4.79 Å². The first-order chi connectivity index (χ1) is 5.29. The van der Waals surface area contributed by atoms with Gasteiger partial charge in [-0.05, 0) is 24.7 Å². The van der Waals surface area contributed by atoms with Crippen LogP contribution in [0.5, 0.6) is 0 Å². The molecule has 0 heterocycles. The van der Waals surface area contributed by atoms with Crippen LogP contribution in [0.25, 0.3) is 0 Å². The number of rotatable bonds is 0. The first kappa shape index (κ1) is 7.60. The lowest BCUT2D eigenvalue weighted by Crippen LogP contribution is -2.20. The van der Waals surface area contributed by atoms with Crippen molar-refractivity contribution < 1.29 is 4.79 Å². The van der Waals surface area contributed by atoms with E-state index in [1.165, 1.54) is 25.7 Å². The number of ketones is 1. The summed E-state index contributed by atoms with van der Waals surface area (Å²) in [6, 6.07) is 0. The number of carbonyl (C=O) groups is 1. The molecule has 0 bridgehead atoms. The second-order valence-corrected chi connectivity index (χ2v) is 4.25. The summed E-state index contributed by atoms with van der Waals surface area (Å²) in [6.07, 6.45) is 5.76. The van der Waals surface area contributed by atoms with Gasteiger partial charge in [-0.3, -0.25) is 4.79 Å². The maximum atomic E-state index is 11.2. The van der Waals surface area contributed by atoms with Gasteiger partial charge in [0.05, 0.1) is 5.38 Å². The lowest BCUT2D eigenvalue weighted by Gasteiger charge is -2.25. The molecule has 3 atom stereocenters. The Bertz CT molecular complexity index is 178. The smallest absolute Gasteiger partial charge is 0.151 e. The summed E-state index contributed by atoms with van der Waals surface area (Å²) in [4.78, 5) is 11.2. The lowest BCUT2D eigenvalue weighted by atomic mass is 9.82. The molecule has 11 heavy (non-hydrogen) atoms. The average molecular weight is 173 g/mol. The third-order valence-corrected chi connectivity index (χ3v) is 3.68. The Morgan fingerprint density at radius 1 is 1.27 bits per heavy atom. The van der Waals surface area contributed by atoms with Crippen LogP contribution in [0.3, 0.4) is 0 Å². The van der Waals surface area contributed by atoms with Crippen molar-refractivity contribution in [2.24, 2.45) is 11.8 Å². The van der Waals surface area contributed by atoms with E-state index in [0.29, 0.717) is 17.6 Å². The number of carbonyl (C=O) groups excluding carboxylic acids is 1. The van der Waals surface area contributed by atoms with E-state index >= 15 is 0 Å². The molecule has 0 spiro atoms. The molecule has 0 aromatic heterocycles. The minimum Gasteiger partial charge on any atom is -0.298 e. The Morgan fingerprint density at radius 3 is 2.73 bits per heavy atom. The highest BCUT2D eigenvalue weighted by Gasteiger charge is 2.41. The number of hydrogen-bond donors (Lipinski definition) is 0. The van der Waals surface area contributed by atoms with Crippen LogP contribution in [0.1, 0.15) is 32.1 Å². The van der Waals surface area contributed by atoms with E-state index in [0.717, 1.165) is 6.42 Å². The fourth-order valence-electron chi connectivity index (χ4n) is 2.48. The summed E-state index contributed by atoms with van der Waals surface area (Å²) < 4.78 is 0. The van der Waals surface area contributed by atoms with Crippen LogP contribution in [0.15, 0.2) is 0 Å². The zero-order chi connectivity index (χ0) is 7.84. The molecule has 2 rings (SSSR count). The standard InChI is InChI=1S/C9H13ClO/c10-9-7-4-2-1-3-6(7)5-8(9)11/h6-7,9H,1-5H2. The highest BCUT2D eigenvalue weighted by Crippen LogP contribution is 2.42. The van der Waals surface area contributed by atoms with Gasteiger partial charge in [0, 0.05) is 6.42 Å². The predicted octanol–water partition coefficient (Wildman–Crippen LogP) is 2.37. The van der Waals surface area contributed by atoms with E-state index in [-0.39, 0.29) is 5.38 Å². The maximum Gasteiger partial charge on any atom is 0.151 e. The molecule has 0 radical (unpaired) electrons. The molecule has 0 N–H and O–H groups in total. The molecule has 1 nitrogen and oxygen atoms in total. The van der Waals surface area contributed by atoms with Crippen molar-refractivity contribution in [1.82, 2.24) is 0 Å². The van der Waals surface area contributed by atoms with E-state index in [1.807, 2.05) is 0 Å². The second kappa shape index (κ2) is 2.78. The zero-order valence-electron chi connectivity index (χ0n) is 6.55. The van der Waals surface area contributed by atoms with Crippen molar-refractivity contribution in [3.63, 3.8) is 0 Å². The Hall–Kier alpha value is -0.0400. The highest BCUT2D eigenvalue weighted by molar-refractivity contribution is 6.32. The van der Waals surface area contributed by atoms with Gasteiger partial charge >= 0.3 is 0 Å². The van der Waals surface area contributed by atoms with Crippen molar-refractivity contribution in [3.8, 4) is 0 Å². The Kier molecular flexibility index (Phi) is 1.92. The Balaban J connectivity index is 2.11. The summed E-state index contributed by atoms with van der Waals surface area (Å²) in [5, 5.41) is -0.139. The van der Waals surface area contributed by atoms with Crippen molar-refractivity contribution in [2.45, 2.75) is 37.5 Å². The molecule has 2 heteroatoms. The average Bonchev–Trinajstić information content (AvgIpc) is 2.30. The topological polar surface area (TPSA) is 17.1 Å². The minimum absolute atomic E-state index is 0.139. The molecule has 0 aromatic carbocycles. The van der Waals surface area contributed by atoms with Gasteiger partial charge in [0.1, 0.15) is 0 Å². The van der Waals surface area contributed by atoms with Crippen molar-refractivity contribution in [1.29, 1.82) is 0 Å². The Labute approximate surface area is 72.1 Å². The van der Waals surface area contributed by atoms with Gasteiger partial charge in [0.2, 0.25) is 0 Å². The SMILES string of the molecule is O=C1CC2CCCCC2C1Cl. The van der Waals surface area contributed by atoms with E-state index in [1.54, 1.807) is 0 Å². The molecular weight excluding hydrogens is 160 g/mol. The third-order valence-electron chi connectivity index (χ3n) is 3.11. The molecular formula is C9H13ClO. The van der Waals surface area contributed by atoms with Gasteiger partial charge in [-0.1, -0.05) is 12.8 Å². The van der Waals surface area contributed by atoms with Gasteiger partial charge in [-0.15, -0.1) is 11.6 Å². The molecule has 2 aliphatic carbocycles. The molecule has 0 amide bonds. The van der Waals surface area contributed by atoms with Crippen LogP contribution in [-0.2, 0) is 4.79 Å². The van der Waals surface area contributed by atoms with E-state index in [2.05, 4.69) is 0 Å². The monoisotopic (exact) mass is 172 g/mol. The van der Waals surface area contributed by atoms with Gasteiger partial charge < -0.3 is 0 Å². The summed E-state index contributed by atoms with van der Waals surface area (Å²) in [5.41, 5.74) is 0. The fraction of sp³-hybridized carbons (Fsp3) is 0.889. The summed E-state index contributed by atoms with van der Waals surface area (Å²) in [7, 11) is 0. The van der Waals surface area contributed by atoms with Crippen LogP contribution < -0.4 is 0 Å². The molecule has 3 unspecified atom stereocenters. The van der Waals surface area contributed by atoms with Crippen molar-refractivity contribution in [3.05, 3.63) is 0 Å². The fourth-order valence-corrected chi connectivity index (χ4v) is 2.91. The third kappa shape index (κ3) is 1.20. The normalized spacial score (nSPS) is 44.1. The van der Waals surface area contributed by atoms with Gasteiger partial charge in [0.15, 0.2) is 5.78 Å².